The molecule has 0 N–H and O–H groups in total. The van der Waals surface area contributed by atoms with Gasteiger partial charge in [-0.2, -0.15) is 0 Å². The fourth-order valence-electron chi connectivity index (χ4n) is 3.22. The average Bonchev–Trinajstić information content (AvgIpc) is 2.78. The molecule has 0 bridgehead atoms. The summed E-state index contributed by atoms with van der Waals surface area (Å²) in [6.45, 7) is 5.03. The van der Waals surface area contributed by atoms with Gasteiger partial charge in [0.15, 0.2) is 0 Å². The summed E-state index contributed by atoms with van der Waals surface area (Å²) >= 11 is 0. The highest BCUT2D eigenvalue weighted by Crippen LogP contribution is 2.38. The van der Waals surface area contributed by atoms with Crippen molar-refractivity contribution in [3.8, 4) is 0 Å². The maximum absolute atomic E-state index is 6.42. The zero-order valence-electron chi connectivity index (χ0n) is 11.6. The first-order valence-corrected chi connectivity index (χ1v) is 10.7. The lowest BCUT2D eigenvalue weighted by Gasteiger charge is -2.44. The Morgan fingerprint density at radius 3 is 2.44 bits per heavy atom. The normalized spacial score (nSPS) is 32.1. The molecule has 18 heavy (non-hydrogen) atoms. The van der Waals surface area contributed by atoms with E-state index < -0.39 is 8.07 Å². The molecule has 1 saturated heterocycles. The Morgan fingerprint density at radius 1 is 1.11 bits per heavy atom. The minimum absolute atomic E-state index is 0.573. The molecule has 2 heterocycles. The van der Waals surface area contributed by atoms with Gasteiger partial charge in [0.25, 0.3) is 0 Å². The van der Waals surface area contributed by atoms with Gasteiger partial charge in [0.1, 0.15) is 0 Å². The Bertz CT molecular complexity index is 383. The molecule has 3 rings (SSSR count). The number of hydrogen-bond acceptors (Lipinski definition) is 1. The Hall–Kier alpha value is -0.543. The second kappa shape index (κ2) is 4.86. The highest BCUT2D eigenvalue weighted by molar-refractivity contribution is 6.78. The van der Waals surface area contributed by atoms with Gasteiger partial charge in [-0.25, -0.2) is 0 Å². The molecule has 0 aromatic carbocycles. The van der Waals surface area contributed by atoms with Crippen LogP contribution in [0.15, 0.2) is 24.5 Å². The van der Waals surface area contributed by atoms with Crippen molar-refractivity contribution in [3.63, 3.8) is 0 Å². The molecule has 2 atom stereocenters. The largest absolute Gasteiger partial charge is 0.378 e. The monoisotopic (exact) mass is 263 g/mol. The maximum atomic E-state index is 6.42. The van der Waals surface area contributed by atoms with Gasteiger partial charge >= 0.3 is 0 Å². The zero-order chi connectivity index (χ0) is 12.6. The van der Waals surface area contributed by atoms with E-state index in [1.807, 2.05) is 0 Å². The van der Waals surface area contributed by atoms with Crippen LogP contribution < -0.4 is 0 Å². The Labute approximate surface area is 111 Å². The van der Waals surface area contributed by atoms with E-state index in [4.69, 9.17) is 4.74 Å². The third-order valence-electron chi connectivity index (χ3n) is 4.94. The van der Waals surface area contributed by atoms with E-state index in [1.165, 1.54) is 38.1 Å². The highest BCUT2D eigenvalue weighted by atomic mass is 28.3. The number of ether oxygens (including phenoxy) is 1. The Morgan fingerprint density at radius 2 is 1.83 bits per heavy atom. The number of hydrogen-bond donors (Lipinski definition) is 0. The molecule has 1 aliphatic heterocycles. The lowest BCUT2D eigenvalue weighted by Crippen LogP contribution is -2.50. The van der Waals surface area contributed by atoms with Gasteiger partial charge in [0, 0.05) is 18.4 Å². The third-order valence-corrected chi connectivity index (χ3v) is 8.63. The lowest BCUT2D eigenvalue weighted by molar-refractivity contribution is -0.0318. The Balaban J connectivity index is 1.68. The maximum Gasteiger partial charge on any atom is 0.0817 e. The van der Waals surface area contributed by atoms with Crippen LogP contribution >= 0.6 is 0 Å². The van der Waals surface area contributed by atoms with Crippen molar-refractivity contribution in [2.45, 2.75) is 69.1 Å². The van der Waals surface area contributed by atoms with E-state index in [2.05, 4.69) is 42.2 Å². The van der Waals surface area contributed by atoms with Gasteiger partial charge in [-0.3, -0.25) is 0 Å². The van der Waals surface area contributed by atoms with E-state index in [1.54, 1.807) is 0 Å². The zero-order valence-corrected chi connectivity index (χ0v) is 12.6. The average molecular weight is 263 g/mol. The van der Waals surface area contributed by atoms with Gasteiger partial charge in [-0.1, -0.05) is 19.1 Å². The van der Waals surface area contributed by atoms with E-state index in [0.29, 0.717) is 17.9 Å². The molecule has 1 aliphatic carbocycles. The molecule has 3 heteroatoms. The molecule has 2 aliphatic rings. The molecule has 0 radical (unpaired) electrons. The third kappa shape index (κ3) is 2.43. The summed E-state index contributed by atoms with van der Waals surface area (Å²) in [6.07, 6.45) is 11.6. The number of nitrogens with zero attached hydrogens (tertiary/aromatic N) is 1. The topological polar surface area (TPSA) is 14.2 Å². The quantitative estimate of drug-likeness (QED) is 0.752. The van der Waals surface area contributed by atoms with Crippen molar-refractivity contribution < 1.29 is 4.74 Å². The molecule has 1 aromatic rings. The molecule has 1 aromatic heterocycles. The van der Waals surface area contributed by atoms with E-state index in [-0.39, 0.29) is 0 Å². The molecule has 0 amide bonds. The summed E-state index contributed by atoms with van der Waals surface area (Å²) in [6, 6.07) is 6.36. The number of rotatable bonds is 3. The summed E-state index contributed by atoms with van der Waals surface area (Å²) in [7, 11) is -1.15. The van der Waals surface area contributed by atoms with Crippen LogP contribution in [0.1, 0.15) is 38.1 Å². The molecule has 100 valence electrons. The molecule has 2 nitrogen and oxygen atoms in total. The standard InChI is InChI=1S/C15H25NOSi/c1-18(2)11-8-13(16-9-3-4-10-16)12-15(18)17-14-6-5-7-14/h3-4,9-10,13-15H,5-8,11-12H2,1-2H3. The summed E-state index contributed by atoms with van der Waals surface area (Å²) in [5.41, 5.74) is 0.573. The smallest absolute Gasteiger partial charge is 0.0817 e. The summed E-state index contributed by atoms with van der Waals surface area (Å²) < 4.78 is 8.81. The van der Waals surface area contributed by atoms with Gasteiger partial charge < -0.3 is 9.30 Å². The van der Waals surface area contributed by atoms with Gasteiger partial charge in [-0.15, -0.1) is 0 Å². The van der Waals surface area contributed by atoms with Crippen molar-refractivity contribution in [2.24, 2.45) is 0 Å². The van der Waals surface area contributed by atoms with Gasteiger partial charge in [0.2, 0.25) is 0 Å². The van der Waals surface area contributed by atoms with Crippen LogP contribution in [0.25, 0.3) is 0 Å². The van der Waals surface area contributed by atoms with Crippen molar-refractivity contribution in [2.75, 3.05) is 0 Å². The summed E-state index contributed by atoms with van der Waals surface area (Å²) in [5.74, 6) is 0. The first-order valence-electron chi connectivity index (χ1n) is 7.43. The lowest BCUT2D eigenvalue weighted by atomic mass is 9.96. The minimum Gasteiger partial charge on any atom is -0.378 e. The fourth-order valence-corrected chi connectivity index (χ4v) is 6.09. The van der Waals surface area contributed by atoms with Crippen LogP contribution in [0.5, 0.6) is 0 Å². The van der Waals surface area contributed by atoms with Crippen molar-refractivity contribution >= 4 is 8.07 Å². The van der Waals surface area contributed by atoms with Crippen LogP contribution in [0.4, 0.5) is 0 Å². The van der Waals surface area contributed by atoms with Crippen LogP contribution in [-0.4, -0.2) is 24.5 Å². The predicted octanol–water partition coefficient (Wildman–Crippen LogP) is 4.01. The molecule has 2 unspecified atom stereocenters. The van der Waals surface area contributed by atoms with Crippen molar-refractivity contribution in [3.05, 3.63) is 24.5 Å². The van der Waals surface area contributed by atoms with Gasteiger partial charge in [-0.05, 0) is 44.2 Å². The Kier molecular flexibility index (Phi) is 3.37. The van der Waals surface area contributed by atoms with Crippen molar-refractivity contribution in [1.82, 2.24) is 4.57 Å². The molecule has 0 spiro atoms. The second-order valence-electron chi connectivity index (χ2n) is 6.72. The van der Waals surface area contributed by atoms with Crippen molar-refractivity contribution in [1.29, 1.82) is 0 Å². The van der Waals surface area contributed by atoms with Crippen LogP contribution in [0.3, 0.4) is 0 Å². The van der Waals surface area contributed by atoms with Gasteiger partial charge in [0.05, 0.1) is 19.9 Å². The summed E-state index contributed by atoms with van der Waals surface area (Å²) in [4.78, 5) is 0. The number of aromatic nitrogens is 1. The molecular formula is C15H25NOSi. The van der Waals surface area contributed by atoms with E-state index in [9.17, 15) is 0 Å². The fraction of sp³-hybridized carbons (Fsp3) is 0.733. The van der Waals surface area contributed by atoms with E-state index in [0.717, 1.165) is 0 Å². The van der Waals surface area contributed by atoms with Crippen LogP contribution in [-0.2, 0) is 4.74 Å². The summed E-state index contributed by atoms with van der Waals surface area (Å²) in [5, 5.41) is 0. The molecular weight excluding hydrogens is 238 g/mol. The first kappa shape index (κ1) is 12.5. The van der Waals surface area contributed by atoms with E-state index >= 15 is 0 Å². The molecule has 2 fully saturated rings. The predicted molar refractivity (Wildman–Crippen MR) is 77.5 cm³/mol. The highest BCUT2D eigenvalue weighted by Gasteiger charge is 2.41. The molecule has 1 saturated carbocycles. The second-order valence-corrected chi connectivity index (χ2v) is 11.8. The van der Waals surface area contributed by atoms with Crippen LogP contribution in [0, 0.1) is 0 Å². The first-order chi connectivity index (χ1) is 8.65. The minimum atomic E-state index is -1.15. The van der Waals surface area contributed by atoms with Crippen LogP contribution in [0.2, 0.25) is 19.1 Å². The SMILES string of the molecule is C[Si]1(C)CCC(n2cccc2)CC1OC1CCC1.